The lowest BCUT2D eigenvalue weighted by molar-refractivity contribution is 0.574. The maximum Gasteiger partial charge on any atom is 0.255 e. The minimum atomic E-state index is 0.0705. The second-order valence-electron chi connectivity index (χ2n) is 3.80. The van der Waals surface area contributed by atoms with E-state index in [9.17, 15) is 4.79 Å². The van der Waals surface area contributed by atoms with Crippen molar-refractivity contribution in [2.75, 3.05) is 0 Å². The SMILES string of the molecule is CCCCCn1c(C)ccc(CCl)c1=O. The van der Waals surface area contributed by atoms with Crippen molar-refractivity contribution in [3.05, 3.63) is 33.7 Å². The molecule has 1 rings (SSSR count). The van der Waals surface area contributed by atoms with Crippen LogP contribution in [0.2, 0.25) is 0 Å². The summed E-state index contributed by atoms with van der Waals surface area (Å²) in [5.74, 6) is 0.299. The largest absolute Gasteiger partial charge is 0.313 e. The maximum atomic E-state index is 11.9. The van der Waals surface area contributed by atoms with E-state index in [0.29, 0.717) is 11.4 Å². The molecule has 0 aromatic carbocycles. The fraction of sp³-hybridized carbons (Fsp3) is 0.583. The van der Waals surface area contributed by atoms with Gasteiger partial charge in [-0.1, -0.05) is 25.8 Å². The minimum Gasteiger partial charge on any atom is -0.313 e. The fourth-order valence-electron chi connectivity index (χ4n) is 1.62. The zero-order chi connectivity index (χ0) is 11.3. The number of pyridine rings is 1. The van der Waals surface area contributed by atoms with Crippen LogP contribution < -0.4 is 5.56 Å². The van der Waals surface area contributed by atoms with Crippen LogP contribution in [0.25, 0.3) is 0 Å². The molecule has 0 aliphatic rings. The molecule has 0 radical (unpaired) electrons. The average Bonchev–Trinajstić information content (AvgIpc) is 2.23. The van der Waals surface area contributed by atoms with E-state index < -0.39 is 0 Å². The van der Waals surface area contributed by atoms with Crippen molar-refractivity contribution < 1.29 is 0 Å². The Labute approximate surface area is 95.9 Å². The molecule has 84 valence electrons. The third-order valence-corrected chi connectivity index (χ3v) is 2.89. The Morgan fingerprint density at radius 1 is 1.33 bits per heavy atom. The molecule has 0 aliphatic carbocycles. The lowest BCUT2D eigenvalue weighted by atomic mass is 10.2. The molecule has 0 saturated heterocycles. The average molecular weight is 228 g/mol. The van der Waals surface area contributed by atoms with Crippen molar-refractivity contribution in [1.29, 1.82) is 0 Å². The molecule has 0 amide bonds. The van der Waals surface area contributed by atoms with Crippen LogP contribution in [0.3, 0.4) is 0 Å². The predicted octanol–water partition coefficient (Wildman–Crippen LogP) is 3.09. The van der Waals surface area contributed by atoms with E-state index in [4.69, 9.17) is 11.6 Å². The zero-order valence-electron chi connectivity index (χ0n) is 9.42. The van der Waals surface area contributed by atoms with Crippen molar-refractivity contribution >= 4 is 11.6 Å². The van der Waals surface area contributed by atoms with Crippen LogP contribution in [0.5, 0.6) is 0 Å². The highest BCUT2D eigenvalue weighted by Gasteiger charge is 2.04. The number of hydrogen-bond acceptors (Lipinski definition) is 1. The van der Waals surface area contributed by atoms with E-state index in [2.05, 4.69) is 6.92 Å². The lowest BCUT2D eigenvalue weighted by Crippen LogP contribution is -2.25. The Morgan fingerprint density at radius 3 is 2.67 bits per heavy atom. The van der Waals surface area contributed by atoms with Crippen LogP contribution in [0.4, 0.5) is 0 Å². The van der Waals surface area contributed by atoms with Crippen molar-refractivity contribution in [1.82, 2.24) is 4.57 Å². The predicted molar refractivity (Wildman–Crippen MR) is 64.5 cm³/mol. The first-order valence-corrected chi connectivity index (χ1v) is 5.99. The molecule has 1 aromatic heterocycles. The van der Waals surface area contributed by atoms with E-state index in [1.807, 2.05) is 23.6 Å². The van der Waals surface area contributed by atoms with Crippen molar-refractivity contribution in [2.24, 2.45) is 0 Å². The Balaban J connectivity index is 2.89. The third-order valence-electron chi connectivity index (χ3n) is 2.60. The summed E-state index contributed by atoms with van der Waals surface area (Å²) in [5.41, 5.74) is 1.78. The Bertz CT molecular complexity index is 370. The van der Waals surface area contributed by atoms with Gasteiger partial charge < -0.3 is 4.57 Å². The monoisotopic (exact) mass is 227 g/mol. The van der Waals surface area contributed by atoms with Gasteiger partial charge in [0.25, 0.3) is 5.56 Å². The molecule has 0 atom stereocenters. The Hall–Kier alpha value is -0.760. The van der Waals surface area contributed by atoms with Gasteiger partial charge in [-0.2, -0.15) is 0 Å². The quantitative estimate of drug-likeness (QED) is 0.560. The van der Waals surface area contributed by atoms with E-state index in [0.717, 1.165) is 25.1 Å². The summed E-state index contributed by atoms with van der Waals surface area (Å²) >= 11 is 5.70. The van der Waals surface area contributed by atoms with Gasteiger partial charge in [0, 0.05) is 17.8 Å². The van der Waals surface area contributed by atoms with Gasteiger partial charge in [-0.3, -0.25) is 4.79 Å². The second kappa shape index (κ2) is 5.96. The highest BCUT2D eigenvalue weighted by atomic mass is 35.5. The number of aryl methyl sites for hydroxylation is 1. The number of rotatable bonds is 5. The van der Waals surface area contributed by atoms with Gasteiger partial charge in [-0.15, -0.1) is 11.6 Å². The molecule has 0 N–H and O–H groups in total. The van der Waals surface area contributed by atoms with Gasteiger partial charge in [0.05, 0.1) is 5.88 Å². The molecule has 0 spiro atoms. The van der Waals surface area contributed by atoms with Gasteiger partial charge in [0.1, 0.15) is 0 Å². The van der Waals surface area contributed by atoms with E-state index in [1.54, 1.807) is 0 Å². The standard InChI is InChI=1S/C12H18ClNO/c1-3-4-5-8-14-10(2)6-7-11(9-13)12(14)15/h6-7H,3-5,8-9H2,1-2H3. The Kier molecular flexibility index (Phi) is 4.89. The number of hydrogen-bond donors (Lipinski definition) is 0. The van der Waals surface area contributed by atoms with Crippen LogP contribution in [0.1, 0.15) is 37.4 Å². The van der Waals surface area contributed by atoms with Crippen molar-refractivity contribution in [3.63, 3.8) is 0 Å². The number of nitrogens with zero attached hydrogens (tertiary/aromatic N) is 1. The number of aromatic nitrogens is 1. The summed E-state index contributed by atoms with van der Waals surface area (Å²) in [6.45, 7) is 4.93. The summed E-state index contributed by atoms with van der Waals surface area (Å²) in [6, 6.07) is 3.78. The number of unbranched alkanes of at least 4 members (excludes halogenated alkanes) is 2. The first kappa shape index (κ1) is 12.3. The fourth-order valence-corrected chi connectivity index (χ4v) is 1.82. The zero-order valence-corrected chi connectivity index (χ0v) is 10.2. The molecule has 0 bridgehead atoms. The highest BCUT2D eigenvalue weighted by molar-refractivity contribution is 6.17. The van der Waals surface area contributed by atoms with Gasteiger partial charge >= 0.3 is 0 Å². The molecule has 2 nitrogen and oxygen atoms in total. The topological polar surface area (TPSA) is 22.0 Å². The molecule has 1 heterocycles. The normalized spacial score (nSPS) is 10.6. The van der Waals surface area contributed by atoms with Crippen molar-refractivity contribution in [3.8, 4) is 0 Å². The second-order valence-corrected chi connectivity index (χ2v) is 4.06. The van der Waals surface area contributed by atoms with Crippen LogP contribution in [0.15, 0.2) is 16.9 Å². The van der Waals surface area contributed by atoms with Crippen LogP contribution >= 0.6 is 11.6 Å². The van der Waals surface area contributed by atoms with E-state index >= 15 is 0 Å². The molecular weight excluding hydrogens is 210 g/mol. The lowest BCUT2D eigenvalue weighted by Gasteiger charge is -2.10. The summed E-state index contributed by atoms with van der Waals surface area (Å²) in [7, 11) is 0. The van der Waals surface area contributed by atoms with Crippen LogP contribution in [-0.2, 0) is 12.4 Å². The van der Waals surface area contributed by atoms with Gasteiger partial charge in [0.15, 0.2) is 0 Å². The summed E-state index contributed by atoms with van der Waals surface area (Å²) < 4.78 is 1.83. The number of halogens is 1. The molecule has 0 saturated carbocycles. The first-order valence-electron chi connectivity index (χ1n) is 5.46. The van der Waals surface area contributed by atoms with Gasteiger partial charge in [0.2, 0.25) is 0 Å². The minimum absolute atomic E-state index is 0.0705. The summed E-state index contributed by atoms with van der Waals surface area (Å²) in [6.07, 6.45) is 3.39. The van der Waals surface area contributed by atoms with Crippen LogP contribution in [0, 0.1) is 6.92 Å². The number of alkyl halides is 1. The highest BCUT2D eigenvalue weighted by Crippen LogP contribution is 2.04. The molecule has 3 heteroatoms. The first-order chi connectivity index (χ1) is 7.20. The smallest absolute Gasteiger partial charge is 0.255 e. The molecule has 1 aromatic rings. The van der Waals surface area contributed by atoms with Gasteiger partial charge in [-0.25, -0.2) is 0 Å². The molecule has 15 heavy (non-hydrogen) atoms. The molecule has 0 aliphatic heterocycles. The summed E-state index contributed by atoms with van der Waals surface area (Å²) in [4.78, 5) is 11.9. The molecular formula is C12H18ClNO. The van der Waals surface area contributed by atoms with Crippen LogP contribution in [-0.4, -0.2) is 4.57 Å². The Morgan fingerprint density at radius 2 is 2.07 bits per heavy atom. The molecule has 0 fully saturated rings. The van der Waals surface area contributed by atoms with Crippen molar-refractivity contribution in [2.45, 2.75) is 45.5 Å². The summed E-state index contributed by atoms with van der Waals surface area (Å²) in [5, 5.41) is 0. The maximum absolute atomic E-state index is 11.9. The van der Waals surface area contributed by atoms with Gasteiger partial charge in [-0.05, 0) is 19.4 Å². The third kappa shape index (κ3) is 3.10. The van der Waals surface area contributed by atoms with E-state index in [-0.39, 0.29) is 5.56 Å². The molecule has 0 unspecified atom stereocenters. The van der Waals surface area contributed by atoms with E-state index in [1.165, 1.54) is 6.42 Å².